The van der Waals surface area contributed by atoms with Crippen LogP contribution in [0.5, 0.6) is 23.0 Å². The molecule has 0 aliphatic rings. The topological polar surface area (TPSA) is 86.7 Å². The van der Waals surface area contributed by atoms with Crippen molar-refractivity contribution in [3.05, 3.63) is 108 Å². The van der Waals surface area contributed by atoms with Gasteiger partial charge in [-0.2, -0.15) is 0 Å². The minimum Gasteiger partial charge on any atom is -0.457 e. The summed E-state index contributed by atoms with van der Waals surface area (Å²) < 4.78 is 37.4. The first-order valence-corrected chi connectivity index (χ1v) is 12.4. The molecule has 0 N–H and O–H groups in total. The molecule has 0 aliphatic heterocycles. The van der Waals surface area contributed by atoms with Gasteiger partial charge in [0, 0.05) is 11.1 Å². The second-order valence-corrected chi connectivity index (χ2v) is 9.89. The highest BCUT2D eigenvalue weighted by molar-refractivity contribution is 7.91. The minimum absolute atomic E-state index is 0.0801. The van der Waals surface area contributed by atoms with Crippen LogP contribution in [0.3, 0.4) is 0 Å². The summed E-state index contributed by atoms with van der Waals surface area (Å²) in [5.41, 5.74) is 0.576. The number of sulfone groups is 1. The third-order valence-electron chi connectivity index (χ3n) is 4.86. The zero-order chi connectivity index (χ0) is 25.0. The first kappa shape index (κ1) is 24.5. The van der Waals surface area contributed by atoms with Gasteiger partial charge in [-0.1, -0.05) is 12.1 Å². The molecular formula is C26H16Cl2O6S. The number of benzene rings is 4. The summed E-state index contributed by atoms with van der Waals surface area (Å²) in [5.74, 6) is 1.57. The lowest BCUT2D eigenvalue weighted by molar-refractivity contribution is 0.107. The van der Waals surface area contributed by atoms with Crippen LogP contribution in [0, 0.1) is 0 Å². The van der Waals surface area contributed by atoms with E-state index in [1.54, 1.807) is 36.4 Å². The van der Waals surface area contributed by atoms with Gasteiger partial charge >= 0.3 is 0 Å². The van der Waals surface area contributed by atoms with Crippen molar-refractivity contribution in [1.82, 2.24) is 0 Å². The Balaban J connectivity index is 1.48. The third kappa shape index (κ3) is 5.89. The molecule has 0 aliphatic carbocycles. The largest absolute Gasteiger partial charge is 0.457 e. The van der Waals surface area contributed by atoms with E-state index in [4.69, 9.17) is 32.7 Å². The van der Waals surface area contributed by atoms with Crippen molar-refractivity contribution in [2.45, 2.75) is 9.79 Å². The standard InChI is InChI=1S/C26H16Cl2O6S/c27-25(29)17-3-1-5-21(15-17)33-19-7-11-23(12-8-19)35(31,32)24-13-9-20(10-14-24)34-22-6-2-4-18(16-22)26(28)30/h1-16H. The lowest BCUT2D eigenvalue weighted by Gasteiger charge is -2.10. The first-order valence-electron chi connectivity index (χ1n) is 10.1. The number of hydrogen-bond acceptors (Lipinski definition) is 6. The quantitative estimate of drug-likeness (QED) is 0.233. The third-order valence-corrected chi connectivity index (χ3v) is 7.08. The normalized spacial score (nSPS) is 11.0. The van der Waals surface area contributed by atoms with Gasteiger partial charge < -0.3 is 9.47 Å². The molecule has 4 aromatic carbocycles. The predicted molar refractivity (Wildman–Crippen MR) is 132 cm³/mol. The highest BCUT2D eigenvalue weighted by Crippen LogP contribution is 2.29. The number of carbonyl (C=O) groups excluding carboxylic acids is 2. The van der Waals surface area contributed by atoms with Gasteiger partial charge in [0.05, 0.1) is 9.79 Å². The summed E-state index contributed by atoms with van der Waals surface area (Å²) in [4.78, 5) is 22.8. The molecule has 0 radical (unpaired) electrons. The summed E-state index contributed by atoms with van der Waals surface area (Å²) in [7, 11) is -3.79. The fourth-order valence-electron chi connectivity index (χ4n) is 3.15. The number of hydrogen-bond donors (Lipinski definition) is 0. The summed E-state index contributed by atoms with van der Waals surface area (Å²) in [5, 5.41) is -1.21. The Labute approximate surface area is 211 Å². The smallest absolute Gasteiger partial charge is 0.252 e. The van der Waals surface area contributed by atoms with Crippen molar-refractivity contribution in [2.75, 3.05) is 0 Å². The van der Waals surface area contributed by atoms with Gasteiger partial charge in [0.25, 0.3) is 10.5 Å². The Hall–Kier alpha value is -3.65. The van der Waals surface area contributed by atoms with Crippen molar-refractivity contribution >= 4 is 43.5 Å². The number of carbonyl (C=O) groups is 2. The number of ether oxygens (including phenoxy) is 2. The van der Waals surface area contributed by atoms with Gasteiger partial charge in [-0.05, 0) is 108 Å². The van der Waals surface area contributed by atoms with Gasteiger partial charge in [0.2, 0.25) is 9.84 Å². The Morgan fingerprint density at radius 3 is 1.26 bits per heavy atom. The summed E-state index contributed by atoms with van der Waals surface area (Å²) >= 11 is 11.0. The molecule has 4 aromatic rings. The maximum absolute atomic E-state index is 13.0. The van der Waals surface area contributed by atoms with Gasteiger partial charge in [-0.25, -0.2) is 8.42 Å². The molecule has 4 rings (SSSR count). The molecule has 0 saturated heterocycles. The average molecular weight is 527 g/mol. The summed E-state index contributed by atoms with van der Waals surface area (Å²) in [6, 6.07) is 24.5. The highest BCUT2D eigenvalue weighted by atomic mass is 35.5. The van der Waals surface area contributed by atoms with Crippen LogP contribution in [0.15, 0.2) is 107 Å². The Morgan fingerprint density at radius 1 is 0.543 bits per heavy atom. The van der Waals surface area contributed by atoms with E-state index in [0.29, 0.717) is 23.0 Å². The molecule has 0 fully saturated rings. The van der Waals surface area contributed by atoms with Gasteiger partial charge in [0.15, 0.2) is 0 Å². The van der Waals surface area contributed by atoms with Crippen LogP contribution in [0.25, 0.3) is 0 Å². The molecule has 6 nitrogen and oxygen atoms in total. The van der Waals surface area contributed by atoms with E-state index in [2.05, 4.69) is 0 Å². The minimum atomic E-state index is -3.79. The van der Waals surface area contributed by atoms with E-state index in [1.165, 1.54) is 60.7 Å². The molecule has 0 aromatic heterocycles. The van der Waals surface area contributed by atoms with Crippen molar-refractivity contribution in [3.8, 4) is 23.0 Å². The fraction of sp³-hybridized carbons (Fsp3) is 0. The van der Waals surface area contributed by atoms with E-state index in [1.807, 2.05) is 0 Å². The molecular weight excluding hydrogens is 511 g/mol. The van der Waals surface area contributed by atoms with Crippen LogP contribution < -0.4 is 9.47 Å². The zero-order valence-corrected chi connectivity index (χ0v) is 20.2. The van der Waals surface area contributed by atoms with Crippen LogP contribution in [0.1, 0.15) is 20.7 Å². The summed E-state index contributed by atoms with van der Waals surface area (Å²) in [6.07, 6.45) is 0. The maximum atomic E-state index is 13.0. The lowest BCUT2D eigenvalue weighted by atomic mass is 10.2. The SMILES string of the molecule is O=C(Cl)c1cccc(Oc2ccc(S(=O)(=O)c3ccc(Oc4cccc(C(=O)Cl)c4)cc3)cc2)c1. The Morgan fingerprint density at radius 2 is 0.914 bits per heavy atom. The molecule has 35 heavy (non-hydrogen) atoms. The van der Waals surface area contributed by atoms with Gasteiger partial charge in [0.1, 0.15) is 23.0 Å². The van der Waals surface area contributed by atoms with E-state index >= 15 is 0 Å². The maximum Gasteiger partial charge on any atom is 0.252 e. The van der Waals surface area contributed by atoms with Gasteiger partial charge in [-0.3, -0.25) is 9.59 Å². The molecule has 0 amide bonds. The number of rotatable bonds is 8. The molecule has 0 heterocycles. The highest BCUT2D eigenvalue weighted by Gasteiger charge is 2.18. The monoisotopic (exact) mass is 526 g/mol. The molecule has 0 atom stereocenters. The van der Waals surface area contributed by atoms with Crippen LogP contribution in [-0.2, 0) is 9.84 Å². The summed E-state index contributed by atoms with van der Waals surface area (Å²) in [6.45, 7) is 0. The molecule has 176 valence electrons. The molecule has 0 saturated carbocycles. The molecule has 0 unspecified atom stereocenters. The Kier molecular flexibility index (Phi) is 7.21. The van der Waals surface area contributed by atoms with E-state index in [-0.39, 0.29) is 20.9 Å². The lowest BCUT2D eigenvalue weighted by Crippen LogP contribution is -2.02. The van der Waals surface area contributed by atoms with Crippen molar-refractivity contribution in [1.29, 1.82) is 0 Å². The molecule has 0 bridgehead atoms. The van der Waals surface area contributed by atoms with Gasteiger partial charge in [-0.15, -0.1) is 0 Å². The van der Waals surface area contributed by atoms with Crippen LogP contribution in [0.4, 0.5) is 0 Å². The zero-order valence-electron chi connectivity index (χ0n) is 17.9. The predicted octanol–water partition coefficient (Wildman–Crippen LogP) is 6.86. The van der Waals surface area contributed by atoms with E-state index < -0.39 is 20.3 Å². The second kappa shape index (κ2) is 10.3. The molecule has 0 spiro atoms. The van der Waals surface area contributed by atoms with E-state index in [9.17, 15) is 18.0 Å². The van der Waals surface area contributed by atoms with Crippen LogP contribution in [0.2, 0.25) is 0 Å². The van der Waals surface area contributed by atoms with Crippen molar-refractivity contribution in [2.24, 2.45) is 0 Å². The van der Waals surface area contributed by atoms with E-state index in [0.717, 1.165) is 0 Å². The Bertz CT molecular complexity index is 1390. The number of halogens is 2. The van der Waals surface area contributed by atoms with Crippen molar-refractivity contribution < 1.29 is 27.5 Å². The van der Waals surface area contributed by atoms with Crippen LogP contribution in [-0.4, -0.2) is 18.9 Å². The second-order valence-electron chi connectivity index (χ2n) is 7.25. The first-order chi connectivity index (χ1) is 16.7. The fourth-order valence-corrected chi connectivity index (χ4v) is 4.64. The molecule has 9 heteroatoms. The van der Waals surface area contributed by atoms with Crippen LogP contribution >= 0.6 is 23.2 Å². The van der Waals surface area contributed by atoms with Crippen molar-refractivity contribution in [3.63, 3.8) is 0 Å². The average Bonchev–Trinajstić information content (AvgIpc) is 2.85.